The van der Waals surface area contributed by atoms with Crippen molar-refractivity contribution in [2.75, 3.05) is 18.1 Å². The molecule has 2 aromatic heterocycles. The lowest BCUT2D eigenvalue weighted by atomic mass is 10.2. The molecule has 1 fully saturated rings. The van der Waals surface area contributed by atoms with E-state index in [4.69, 9.17) is 25.5 Å². The predicted octanol–water partition coefficient (Wildman–Crippen LogP) is 1.68. The van der Waals surface area contributed by atoms with Crippen molar-refractivity contribution < 1.29 is 23.5 Å². The van der Waals surface area contributed by atoms with Gasteiger partial charge in [-0.05, 0) is 13.8 Å². The lowest BCUT2D eigenvalue weighted by Gasteiger charge is -2.24. The normalized spacial score (nSPS) is 25.0. The van der Waals surface area contributed by atoms with E-state index in [1.165, 1.54) is 6.33 Å². The summed E-state index contributed by atoms with van der Waals surface area (Å²) in [5.74, 6) is 0.198. The van der Waals surface area contributed by atoms with Gasteiger partial charge in [0.15, 0.2) is 11.5 Å². The number of imidazole rings is 1. The zero-order chi connectivity index (χ0) is 20.6. The van der Waals surface area contributed by atoms with E-state index in [9.17, 15) is 9.46 Å². The smallest absolute Gasteiger partial charge is 0.330 e. The molecule has 1 aliphatic heterocycles. The van der Waals surface area contributed by atoms with Crippen LogP contribution in [0.4, 0.5) is 11.8 Å². The lowest BCUT2D eigenvalue weighted by molar-refractivity contribution is -0.0705. The summed E-state index contributed by atoms with van der Waals surface area (Å²) in [4.78, 5) is 22.5. The predicted molar refractivity (Wildman–Crippen MR) is 104 cm³/mol. The molecular formula is C16H27N6O5P. The molecule has 1 aliphatic rings. The Morgan fingerprint density at radius 3 is 2.71 bits per heavy atom. The average Bonchev–Trinajstić information content (AvgIpc) is 3.16. The number of nitrogens with zero attached hydrogens (tertiary/aromatic N) is 4. The second-order valence-corrected chi connectivity index (χ2v) is 9.71. The Morgan fingerprint density at radius 1 is 1.36 bits per heavy atom. The molecule has 0 spiro atoms. The Morgan fingerprint density at radius 2 is 2.07 bits per heavy atom. The van der Waals surface area contributed by atoms with Gasteiger partial charge in [0, 0.05) is 6.42 Å². The molecule has 0 aromatic carbocycles. The zero-order valence-electron chi connectivity index (χ0n) is 16.3. The standard InChI is InChI=1S/C16H27N6O5P/c1-8(2)25-6-11-10(27-28(23,24)9(3)4)5-12(26-11)22-7-19-13-14(17)20-16(18)21-15(13)22/h7-12H,5-6H2,1-4H3,(H,23,24)(H4,17,18,20,21)/t10-,11+,12+/m0/s1. The summed E-state index contributed by atoms with van der Waals surface area (Å²) in [6.45, 7) is 7.31. The molecule has 0 saturated carbocycles. The van der Waals surface area contributed by atoms with E-state index in [-0.39, 0.29) is 24.5 Å². The van der Waals surface area contributed by atoms with E-state index in [0.29, 0.717) is 17.6 Å². The monoisotopic (exact) mass is 414 g/mol. The molecule has 11 nitrogen and oxygen atoms in total. The number of anilines is 2. The topological polar surface area (TPSA) is 161 Å². The van der Waals surface area contributed by atoms with E-state index in [1.54, 1.807) is 18.4 Å². The molecule has 0 aliphatic carbocycles. The maximum absolute atomic E-state index is 12.4. The molecule has 1 saturated heterocycles. The molecular weight excluding hydrogens is 387 g/mol. The Kier molecular flexibility index (Phi) is 5.92. The molecule has 0 amide bonds. The average molecular weight is 414 g/mol. The fourth-order valence-electron chi connectivity index (χ4n) is 2.90. The number of ether oxygens (including phenoxy) is 2. The van der Waals surface area contributed by atoms with Gasteiger partial charge in [-0.3, -0.25) is 9.13 Å². The first-order chi connectivity index (χ1) is 13.1. The van der Waals surface area contributed by atoms with Crippen molar-refractivity contribution in [2.24, 2.45) is 0 Å². The first-order valence-electron chi connectivity index (χ1n) is 9.12. The minimum Gasteiger partial charge on any atom is -0.382 e. The Balaban J connectivity index is 1.88. The fourth-order valence-corrected chi connectivity index (χ4v) is 3.75. The van der Waals surface area contributed by atoms with Crippen molar-refractivity contribution in [3.8, 4) is 0 Å². The van der Waals surface area contributed by atoms with Crippen molar-refractivity contribution in [3.05, 3.63) is 6.33 Å². The molecule has 3 rings (SSSR count). The van der Waals surface area contributed by atoms with Gasteiger partial charge >= 0.3 is 7.60 Å². The fraction of sp³-hybridized carbons (Fsp3) is 0.688. The quantitative estimate of drug-likeness (QED) is 0.568. The summed E-state index contributed by atoms with van der Waals surface area (Å²) in [6, 6.07) is 0. The Bertz CT molecular complexity index is 888. The number of hydrogen-bond acceptors (Lipinski definition) is 9. The zero-order valence-corrected chi connectivity index (χ0v) is 17.2. The number of aromatic nitrogens is 4. The molecule has 12 heteroatoms. The molecule has 1 unspecified atom stereocenters. The van der Waals surface area contributed by atoms with Gasteiger partial charge in [0.05, 0.1) is 30.8 Å². The second-order valence-electron chi connectivity index (χ2n) is 7.34. The van der Waals surface area contributed by atoms with Gasteiger partial charge in [0.25, 0.3) is 0 Å². The third-order valence-corrected chi connectivity index (χ3v) is 6.37. The highest BCUT2D eigenvalue weighted by Gasteiger charge is 2.42. The van der Waals surface area contributed by atoms with Crippen molar-refractivity contribution in [3.63, 3.8) is 0 Å². The van der Waals surface area contributed by atoms with Gasteiger partial charge in [-0.2, -0.15) is 9.97 Å². The van der Waals surface area contributed by atoms with Crippen LogP contribution in [-0.2, 0) is 18.6 Å². The number of rotatable bonds is 7. The van der Waals surface area contributed by atoms with E-state index >= 15 is 0 Å². The highest BCUT2D eigenvalue weighted by molar-refractivity contribution is 7.53. The van der Waals surface area contributed by atoms with Crippen LogP contribution in [0.1, 0.15) is 40.3 Å². The Labute approximate surface area is 162 Å². The Hall–Kier alpha value is -1.78. The SMILES string of the molecule is CC(C)OC[C@H]1O[C@@H](n2cnc3c(N)nc(N)nc32)C[C@@H]1OP(=O)(O)C(C)C. The summed E-state index contributed by atoms with van der Waals surface area (Å²) < 4.78 is 31.4. The van der Waals surface area contributed by atoms with Gasteiger partial charge in [-0.15, -0.1) is 0 Å². The minimum atomic E-state index is -3.79. The molecule has 5 N–H and O–H groups in total. The van der Waals surface area contributed by atoms with Crippen LogP contribution in [0.2, 0.25) is 0 Å². The lowest BCUT2D eigenvalue weighted by Crippen LogP contribution is -2.30. The van der Waals surface area contributed by atoms with Crippen molar-refractivity contribution in [1.82, 2.24) is 19.5 Å². The van der Waals surface area contributed by atoms with Crippen LogP contribution in [-0.4, -0.2) is 55.0 Å². The third-order valence-electron chi connectivity index (χ3n) is 4.49. The van der Waals surface area contributed by atoms with Crippen molar-refractivity contribution >= 4 is 30.5 Å². The molecule has 28 heavy (non-hydrogen) atoms. The van der Waals surface area contributed by atoms with Crippen LogP contribution in [0.5, 0.6) is 0 Å². The number of hydrogen-bond donors (Lipinski definition) is 3. The summed E-state index contributed by atoms with van der Waals surface area (Å²) in [7, 11) is -3.79. The second kappa shape index (κ2) is 7.92. The number of nitrogens with two attached hydrogens (primary N) is 2. The van der Waals surface area contributed by atoms with Gasteiger partial charge in [-0.25, -0.2) is 4.98 Å². The molecule has 156 valence electrons. The highest BCUT2D eigenvalue weighted by atomic mass is 31.2. The van der Waals surface area contributed by atoms with E-state index in [0.717, 1.165) is 0 Å². The summed E-state index contributed by atoms with van der Waals surface area (Å²) in [5.41, 5.74) is 11.9. The van der Waals surface area contributed by atoms with Crippen LogP contribution in [0.15, 0.2) is 6.33 Å². The highest BCUT2D eigenvalue weighted by Crippen LogP contribution is 2.51. The van der Waals surface area contributed by atoms with Crippen LogP contribution in [0.25, 0.3) is 11.2 Å². The molecule has 4 atom stereocenters. The molecule has 2 aromatic rings. The first-order valence-corrected chi connectivity index (χ1v) is 10.8. The van der Waals surface area contributed by atoms with Gasteiger partial charge in [0.2, 0.25) is 5.95 Å². The number of nitrogen functional groups attached to an aromatic ring is 2. The minimum absolute atomic E-state index is 0.0178. The number of fused-ring (bicyclic) bond motifs is 1. The van der Waals surface area contributed by atoms with Crippen LogP contribution in [0.3, 0.4) is 0 Å². The molecule has 3 heterocycles. The van der Waals surface area contributed by atoms with Gasteiger partial charge in [0.1, 0.15) is 17.8 Å². The molecule has 0 radical (unpaired) electrons. The summed E-state index contributed by atoms with van der Waals surface area (Å²) in [5, 5.41) is 0. The van der Waals surface area contributed by atoms with Crippen LogP contribution < -0.4 is 11.5 Å². The summed E-state index contributed by atoms with van der Waals surface area (Å²) >= 11 is 0. The molecule has 0 bridgehead atoms. The first kappa shape index (κ1) is 20.9. The van der Waals surface area contributed by atoms with Crippen molar-refractivity contribution in [2.45, 2.75) is 64.3 Å². The maximum Gasteiger partial charge on any atom is 0.330 e. The third kappa shape index (κ3) is 4.28. The summed E-state index contributed by atoms with van der Waals surface area (Å²) in [6.07, 6.45) is 0.145. The maximum atomic E-state index is 12.4. The largest absolute Gasteiger partial charge is 0.382 e. The van der Waals surface area contributed by atoms with E-state index in [1.807, 2.05) is 13.8 Å². The van der Waals surface area contributed by atoms with Crippen LogP contribution >= 0.6 is 7.60 Å². The van der Waals surface area contributed by atoms with E-state index in [2.05, 4.69) is 15.0 Å². The van der Waals surface area contributed by atoms with Crippen molar-refractivity contribution in [1.29, 1.82) is 0 Å². The van der Waals surface area contributed by atoms with Gasteiger partial charge in [-0.1, -0.05) is 13.8 Å². The van der Waals surface area contributed by atoms with E-state index < -0.39 is 31.7 Å². The van der Waals surface area contributed by atoms with Gasteiger partial charge < -0.3 is 30.4 Å². The van der Waals surface area contributed by atoms with Crippen LogP contribution in [0, 0.1) is 0 Å².